The molecule has 3 rings (SSSR count). The van der Waals surface area contributed by atoms with Gasteiger partial charge in [-0.1, -0.05) is 29.8 Å². The monoisotopic (exact) mass is 438 g/mol. The summed E-state index contributed by atoms with van der Waals surface area (Å²) < 4.78 is 10.7. The maximum absolute atomic E-state index is 12.3. The molecule has 3 aromatic rings. The van der Waals surface area contributed by atoms with Gasteiger partial charge in [-0.2, -0.15) is 0 Å². The summed E-state index contributed by atoms with van der Waals surface area (Å²) in [5.41, 5.74) is 1.57. The van der Waals surface area contributed by atoms with E-state index in [1.54, 1.807) is 49.6 Å². The average Bonchev–Trinajstić information content (AvgIpc) is 2.79. The fraction of sp³-hybridized carbons (Fsp3) is 0.167. The zero-order valence-corrected chi connectivity index (χ0v) is 17.8. The highest BCUT2D eigenvalue weighted by Gasteiger charge is 2.10. The SMILES string of the molecule is COc1ccc(OCCCC(=O)Nc2ccc(NC(=O)c3ccccc3)c(Cl)c2)cc1. The van der Waals surface area contributed by atoms with E-state index in [1.807, 2.05) is 30.3 Å². The molecule has 0 aliphatic heterocycles. The molecule has 0 radical (unpaired) electrons. The highest BCUT2D eigenvalue weighted by molar-refractivity contribution is 6.34. The van der Waals surface area contributed by atoms with Crippen LogP contribution in [0.25, 0.3) is 0 Å². The van der Waals surface area contributed by atoms with E-state index >= 15 is 0 Å². The zero-order valence-electron chi connectivity index (χ0n) is 17.1. The number of halogens is 1. The summed E-state index contributed by atoms with van der Waals surface area (Å²) in [5.74, 6) is 1.09. The standard InChI is InChI=1S/C24H23ClN2O4/c1-30-19-10-12-20(13-11-19)31-15-5-8-23(28)26-18-9-14-22(21(25)16-18)27-24(29)17-6-3-2-4-7-17/h2-4,6-7,9-14,16H,5,8,15H2,1H3,(H,26,28)(H,27,29). The quantitative estimate of drug-likeness (QED) is 0.438. The fourth-order valence-corrected chi connectivity index (χ4v) is 3.02. The summed E-state index contributed by atoms with van der Waals surface area (Å²) in [7, 11) is 1.61. The Morgan fingerprint density at radius 2 is 1.61 bits per heavy atom. The van der Waals surface area contributed by atoms with Crippen molar-refractivity contribution >= 4 is 34.8 Å². The number of carbonyl (C=O) groups is 2. The molecule has 31 heavy (non-hydrogen) atoms. The van der Waals surface area contributed by atoms with Crippen LogP contribution >= 0.6 is 11.6 Å². The van der Waals surface area contributed by atoms with Crippen molar-refractivity contribution in [1.82, 2.24) is 0 Å². The van der Waals surface area contributed by atoms with Gasteiger partial charge in [-0.05, 0) is 61.0 Å². The van der Waals surface area contributed by atoms with E-state index in [2.05, 4.69) is 10.6 Å². The predicted molar refractivity (Wildman–Crippen MR) is 122 cm³/mol. The molecule has 0 bridgehead atoms. The number of rotatable bonds is 9. The van der Waals surface area contributed by atoms with E-state index in [-0.39, 0.29) is 11.8 Å². The second-order valence-corrected chi connectivity index (χ2v) is 7.10. The lowest BCUT2D eigenvalue weighted by Crippen LogP contribution is -2.14. The van der Waals surface area contributed by atoms with E-state index in [0.717, 1.165) is 11.5 Å². The fourth-order valence-electron chi connectivity index (χ4n) is 2.80. The number of anilines is 2. The first kappa shape index (κ1) is 22.2. The summed E-state index contributed by atoms with van der Waals surface area (Å²) in [4.78, 5) is 24.4. The Labute approximate surface area is 186 Å². The van der Waals surface area contributed by atoms with Crippen LogP contribution in [-0.4, -0.2) is 25.5 Å². The van der Waals surface area contributed by atoms with Crippen molar-refractivity contribution in [1.29, 1.82) is 0 Å². The van der Waals surface area contributed by atoms with Crippen molar-refractivity contribution < 1.29 is 19.1 Å². The molecule has 0 aliphatic rings. The van der Waals surface area contributed by atoms with Crippen LogP contribution in [0, 0.1) is 0 Å². The van der Waals surface area contributed by atoms with Crippen molar-refractivity contribution in [3.05, 3.63) is 83.4 Å². The molecule has 0 aliphatic carbocycles. The Kier molecular flexibility index (Phi) is 7.90. The van der Waals surface area contributed by atoms with E-state index in [9.17, 15) is 9.59 Å². The Morgan fingerprint density at radius 1 is 0.903 bits per heavy atom. The highest BCUT2D eigenvalue weighted by Crippen LogP contribution is 2.26. The van der Waals surface area contributed by atoms with Gasteiger partial charge >= 0.3 is 0 Å². The van der Waals surface area contributed by atoms with E-state index in [0.29, 0.717) is 41.4 Å². The molecule has 2 N–H and O–H groups in total. The lowest BCUT2D eigenvalue weighted by molar-refractivity contribution is -0.116. The van der Waals surface area contributed by atoms with Crippen LogP contribution in [0.3, 0.4) is 0 Å². The first-order chi connectivity index (χ1) is 15.0. The largest absolute Gasteiger partial charge is 0.497 e. The first-order valence-corrected chi connectivity index (χ1v) is 10.2. The Bertz CT molecular complexity index is 1020. The number of methoxy groups -OCH3 is 1. The molecule has 3 aromatic carbocycles. The molecular weight excluding hydrogens is 416 g/mol. The van der Waals surface area contributed by atoms with Gasteiger partial charge in [0.2, 0.25) is 5.91 Å². The minimum atomic E-state index is -0.254. The maximum atomic E-state index is 12.3. The minimum Gasteiger partial charge on any atom is -0.497 e. The third-order valence-electron chi connectivity index (χ3n) is 4.41. The molecule has 0 heterocycles. The topological polar surface area (TPSA) is 76.7 Å². The predicted octanol–water partition coefficient (Wildman–Crippen LogP) is 5.40. The molecule has 0 saturated carbocycles. The smallest absolute Gasteiger partial charge is 0.255 e. The zero-order chi connectivity index (χ0) is 22.1. The molecule has 7 heteroatoms. The second-order valence-electron chi connectivity index (χ2n) is 6.69. The maximum Gasteiger partial charge on any atom is 0.255 e. The lowest BCUT2D eigenvalue weighted by atomic mass is 10.2. The van der Waals surface area contributed by atoms with E-state index in [4.69, 9.17) is 21.1 Å². The molecule has 0 saturated heterocycles. The van der Waals surface area contributed by atoms with Crippen LogP contribution < -0.4 is 20.1 Å². The van der Waals surface area contributed by atoms with Gasteiger partial charge < -0.3 is 20.1 Å². The van der Waals surface area contributed by atoms with Gasteiger partial charge in [0, 0.05) is 17.7 Å². The third-order valence-corrected chi connectivity index (χ3v) is 4.73. The molecule has 2 amide bonds. The average molecular weight is 439 g/mol. The van der Waals surface area contributed by atoms with E-state index < -0.39 is 0 Å². The van der Waals surface area contributed by atoms with Gasteiger partial charge in [0.25, 0.3) is 5.91 Å². The second kappa shape index (κ2) is 11.0. The van der Waals surface area contributed by atoms with Crippen molar-refractivity contribution in [3.8, 4) is 11.5 Å². The van der Waals surface area contributed by atoms with Crippen molar-refractivity contribution in [2.75, 3.05) is 24.4 Å². The molecule has 0 fully saturated rings. The molecule has 160 valence electrons. The van der Waals surface area contributed by atoms with Gasteiger partial charge in [-0.25, -0.2) is 0 Å². The lowest BCUT2D eigenvalue weighted by Gasteiger charge is -2.11. The number of nitrogens with one attached hydrogen (secondary N) is 2. The highest BCUT2D eigenvalue weighted by atomic mass is 35.5. The van der Waals surface area contributed by atoms with Crippen LogP contribution in [0.15, 0.2) is 72.8 Å². The van der Waals surface area contributed by atoms with Crippen LogP contribution in [0.1, 0.15) is 23.2 Å². The summed E-state index contributed by atoms with van der Waals surface area (Å²) >= 11 is 6.27. The van der Waals surface area contributed by atoms with Gasteiger partial charge in [0.15, 0.2) is 0 Å². The Hall–Kier alpha value is -3.51. The first-order valence-electron chi connectivity index (χ1n) is 9.78. The minimum absolute atomic E-state index is 0.143. The van der Waals surface area contributed by atoms with Crippen LogP contribution in [0.2, 0.25) is 5.02 Å². The molecule has 0 aromatic heterocycles. The van der Waals surface area contributed by atoms with Crippen LogP contribution in [0.5, 0.6) is 11.5 Å². The number of ether oxygens (including phenoxy) is 2. The molecule has 0 unspecified atom stereocenters. The number of benzene rings is 3. The normalized spacial score (nSPS) is 10.3. The number of hydrogen-bond donors (Lipinski definition) is 2. The van der Waals surface area contributed by atoms with Gasteiger partial charge in [0.05, 0.1) is 24.4 Å². The van der Waals surface area contributed by atoms with Crippen molar-refractivity contribution in [3.63, 3.8) is 0 Å². The Morgan fingerprint density at radius 3 is 2.29 bits per heavy atom. The summed E-state index contributed by atoms with van der Waals surface area (Å²) in [5, 5.41) is 5.90. The number of amides is 2. The van der Waals surface area contributed by atoms with Crippen LogP contribution in [-0.2, 0) is 4.79 Å². The summed E-state index contributed by atoms with van der Waals surface area (Å²) in [6.45, 7) is 0.422. The summed E-state index contributed by atoms with van der Waals surface area (Å²) in [6.07, 6.45) is 0.872. The molecule has 6 nitrogen and oxygen atoms in total. The van der Waals surface area contributed by atoms with Gasteiger partial charge in [-0.15, -0.1) is 0 Å². The number of hydrogen-bond acceptors (Lipinski definition) is 4. The number of carbonyl (C=O) groups excluding carboxylic acids is 2. The van der Waals surface area contributed by atoms with Crippen LogP contribution in [0.4, 0.5) is 11.4 Å². The molecular formula is C24H23ClN2O4. The third kappa shape index (κ3) is 6.76. The van der Waals surface area contributed by atoms with E-state index in [1.165, 1.54) is 0 Å². The molecule has 0 atom stereocenters. The Balaban J connectivity index is 1.44. The van der Waals surface area contributed by atoms with Crippen molar-refractivity contribution in [2.45, 2.75) is 12.8 Å². The van der Waals surface area contributed by atoms with Crippen molar-refractivity contribution in [2.24, 2.45) is 0 Å². The van der Waals surface area contributed by atoms with Gasteiger partial charge in [-0.3, -0.25) is 9.59 Å². The molecule has 0 spiro atoms. The summed E-state index contributed by atoms with van der Waals surface area (Å²) in [6, 6.07) is 21.1. The van der Waals surface area contributed by atoms with Gasteiger partial charge in [0.1, 0.15) is 11.5 Å².